The summed E-state index contributed by atoms with van der Waals surface area (Å²) < 4.78 is 0. The molecule has 1 N–H and O–H groups in total. The van der Waals surface area contributed by atoms with Crippen LogP contribution in [0.1, 0.15) is 26.3 Å². The molecule has 6 nitrogen and oxygen atoms in total. The summed E-state index contributed by atoms with van der Waals surface area (Å²) in [5, 5.41) is 13.9. The Morgan fingerprint density at radius 3 is 2.30 bits per heavy atom. The normalized spacial score (nSPS) is 10.3. The van der Waals surface area contributed by atoms with E-state index in [1.54, 1.807) is 36.4 Å². The zero-order chi connectivity index (χ0) is 19.4. The predicted molar refractivity (Wildman–Crippen MR) is 102 cm³/mol. The van der Waals surface area contributed by atoms with E-state index >= 15 is 0 Å². The Balaban J connectivity index is 1.93. The van der Waals surface area contributed by atoms with Crippen molar-refractivity contribution in [2.24, 2.45) is 0 Å². The number of halogens is 1. The first kappa shape index (κ1) is 18.3. The predicted octanol–water partition coefficient (Wildman–Crippen LogP) is 4.73. The zero-order valence-corrected chi connectivity index (χ0v) is 14.6. The second-order valence-electron chi connectivity index (χ2n) is 5.65. The molecule has 0 fully saturated rings. The molecule has 0 saturated heterocycles. The summed E-state index contributed by atoms with van der Waals surface area (Å²) in [4.78, 5) is 35.6. The number of non-ortho nitro benzene ring substituents is 1. The van der Waals surface area contributed by atoms with Crippen molar-refractivity contribution < 1.29 is 14.5 Å². The summed E-state index contributed by atoms with van der Waals surface area (Å²) >= 11 is 6.02. The van der Waals surface area contributed by atoms with Gasteiger partial charge in [0.1, 0.15) is 0 Å². The fourth-order valence-corrected chi connectivity index (χ4v) is 2.69. The molecule has 0 spiro atoms. The largest absolute Gasteiger partial charge is 0.321 e. The lowest BCUT2D eigenvalue weighted by Crippen LogP contribution is -2.15. The van der Waals surface area contributed by atoms with E-state index in [0.29, 0.717) is 10.6 Å². The van der Waals surface area contributed by atoms with Gasteiger partial charge in [-0.2, -0.15) is 0 Å². The molecule has 3 aromatic carbocycles. The average Bonchev–Trinajstić information content (AvgIpc) is 2.69. The van der Waals surface area contributed by atoms with Gasteiger partial charge < -0.3 is 5.32 Å². The van der Waals surface area contributed by atoms with E-state index in [9.17, 15) is 19.7 Å². The number of hydrogen-bond donors (Lipinski definition) is 1. The van der Waals surface area contributed by atoms with Crippen LogP contribution in [0, 0.1) is 10.1 Å². The van der Waals surface area contributed by atoms with Gasteiger partial charge in [0.15, 0.2) is 5.78 Å². The van der Waals surface area contributed by atoms with Gasteiger partial charge >= 0.3 is 0 Å². The van der Waals surface area contributed by atoms with Crippen LogP contribution in [0.4, 0.5) is 11.4 Å². The number of ketones is 1. The van der Waals surface area contributed by atoms with E-state index in [4.69, 9.17) is 11.6 Å². The molecule has 1 amide bonds. The van der Waals surface area contributed by atoms with E-state index in [2.05, 4.69) is 5.32 Å². The number of carbonyl (C=O) groups is 2. The molecule has 0 atom stereocenters. The van der Waals surface area contributed by atoms with Crippen molar-refractivity contribution in [2.45, 2.75) is 0 Å². The maximum atomic E-state index is 12.8. The minimum absolute atomic E-state index is 0.109. The van der Waals surface area contributed by atoms with E-state index in [0.717, 1.165) is 0 Å². The number of nitro benzene ring substituents is 1. The minimum atomic E-state index is -0.580. The first-order valence-corrected chi connectivity index (χ1v) is 8.28. The third kappa shape index (κ3) is 4.19. The van der Waals surface area contributed by atoms with E-state index in [1.807, 2.05) is 0 Å². The van der Waals surface area contributed by atoms with E-state index < -0.39 is 10.8 Å². The molecular weight excluding hydrogens is 368 g/mol. The highest BCUT2D eigenvalue weighted by molar-refractivity contribution is 6.31. The molecule has 0 saturated carbocycles. The van der Waals surface area contributed by atoms with Crippen LogP contribution in [0.2, 0.25) is 5.02 Å². The number of nitrogens with one attached hydrogen (secondary N) is 1. The van der Waals surface area contributed by atoms with Gasteiger partial charge in [-0.25, -0.2) is 0 Å². The second-order valence-corrected chi connectivity index (χ2v) is 6.08. The van der Waals surface area contributed by atoms with Gasteiger partial charge in [-0.3, -0.25) is 19.7 Å². The van der Waals surface area contributed by atoms with Crippen LogP contribution in [0.25, 0.3) is 0 Å². The summed E-state index contributed by atoms with van der Waals surface area (Å²) in [6, 6.07) is 18.5. The molecular formula is C20H13ClN2O4. The zero-order valence-electron chi connectivity index (χ0n) is 13.9. The number of carbonyl (C=O) groups excluding carboxylic acids is 2. The average molecular weight is 381 g/mol. The number of nitrogens with zero attached hydrogens (tertiary/aromatic N) is 1. The van der Waals surface area contributed by atoms with Crippen LogP contribution in [0.5, 0.6) is 0 Å². The van der Waals surface area contributed by atoms with Crippen LogP contribution in [-0.4, -0.2) is 16.6 Å². The molecule has 3 aromatic rings. The Hall–Kier alpha value is -3.51. The minimum Gasteiger partial charge on any atom is -0.321 e. The summed E-state index contributed by atoms with van der Waals surface area (Å²) in [6.07, 6.45) is 0. The first-order chi connectivity index (χ1) is 13.0. The number of benzene rings is 3. The van der Waals surface area contributed by atoms with Crippen LogP contribution in [0.3, 0.4) is 0 Å². The van der Waals surface area contributed by atoms with Gasteiger partial charge in [-0.15, -0.1) is 0 Å². The molecule has 0 aliphatic carbocycles. The maximum Gasteiger partial charge on any atom is 0.270 e. The Morgan fingerprint density at radius 2 is 1.59 bits per heavy atom. The number of rotatable bonds is 5. The van der Waals surface area contributed by atoms with E-state index in [-0.39, 0.29) is 28.3 Å². The van der Waals surface area contributed by atoms with Gasteiger partial charge in [-0.1, -0.05) is 48.0 Å². The molecule has 0 bridgehead atoms. The van der Waals surface area contributed by atoms with E-state index in [1.165, 1.54) is 36.4 Å². The van der Waals surface area contributed by atoms with Crippen molar-refractivity contribution in [1.82, 2.24) is 0 Å². The van der Waals surface area contributed by atoms with Crippen LogP contribution < -0.4 is 5.32 Å². The molecule has 27 heavy (non-hydrogen) atoms. The van der Waals surface area contributed by atoms with Gasteiger partial charge in [0.2, 0.25) is 0 Å². The summed E-state index contributed by atoms with van der Waals surface area (Å²) in [5.41, 5.74) is 0.861. The number of anilines is 1. The summed E-state index contributed by atoms with van der Waals surface area (Å²) in [7, 11) is 0. The fourth-order valence-electron chi connectivity index (χ4n) is 2.51. The van der Waals surface area contributed by atoms with Crippen molar-refractivity contribution in [1.29, 1.82) is 0 Å². The van der Waals surface area contributed by atoms with Crippen molar-refractivity contribution in [3.8, 4) is 0 Å². The molecule has 0 radical (unpaired) electrons. The molecule has 0 unspecified atom stereocenters. The Bertz CT molecular complexity index is 1040. The Kier molecular flexibility index (Phi) is 5.28. The molecule has 0 aliphatic heterocycles. The standard InChI is InChI=1S/C20H13ClN2O4/c21-15-9-10-18(17(12-15)19(24)13-5-2-1-3-6-13)22-20(25)14-7-4-8-16(11-14)23(26)27/h1-12H,(H,22,25). The smallest absolute Gasteiger partial charge is 0.270 e. The lowest BCUT2D eigenvalue weighted by Gasteiger charge is -2.11. The van der Waals surface area contributed by atoms with Gasteiger partial charge in [0, 0.05) is 33.8 Å². The highest BCUT2D eigenvalue weighted by Crippen LogP contribution is 2.25. The topological polar surface area (TPSA) is 89.3 Å². The summed E-state index contributed by atoms with van der Waals surface area (Å²) in [5.74, 6) is -0.865. The van der Waals surface area contributed by atoms with Crippen molar-refractivity contribution in [3.63, 3.8) is 0 Å². The molecule has 3 rings (SSSR count). The lowest BCUT2D eigenvalue weighted by molar-refractivity contribution is -0.384. The quantitative estimate of drug-likeness (QED) is 0.393. The number of nitro groups is 1. The van der Waals surface area contributed by atoms with Crippen LogP contribution in [0.15, 0.2) is 72.8 Å². The fraction of sp³-hybridized carbons (Fsp3) is 0. The second kappa shape index (κ2) is 7.80. The van der Waals surface area contributed by atoms with Crippen LogP contribution >= 0.6 is 11.6 Å². The third-order valence-corrected chi connectivity index (χ3v) is 4.06. The van der Waals surface area contributed by atoms with Crippen molar-refractivity contribution in [3.05, 3.63) is 105 Å². The van der Waals surface area contributed by atoms with Crippen molar-refractivity contribution in [2.75, 3.05) is 5.32 Å². The highest BCUT2D eigenvalue weighted by atomic mass is 35.5. The molecule has 0 aromatic heterocycles. The monoisotopic (exact) mass is 380 g/mol. The van der Waals surface area contributed by atoms with Gasteiger partial charge in [0.25, 0.3) is 11.6 Å². The van der Waals surface area contributed by atoms with Gasteiger partial charge in [0.05, 0.1) is 10.6 Å². The summed E-state index contributed by atoms with van der Waals surface area (Å²) in [6.45, 7) is 0. The first-order valence-electron chi connectivity index (χ1n) is 7.91. The van der Waals surface area contributed by atoms with Gasteiger partial charge in [-0.05, 0) is 24.3 Å². The lowest BCUT2D eigenvalue weighted by atomic mass is 10.0. The van der Waals surface area contributed by atoms with Crippen molar-refractivity contribution >= 4 is 34.7 Å². The number of amides is 1. The maximum absolute atomic E-state index is 12.8. The third-order valence-electron chi connectivity index (χ3n) is 3.83. The van der Waals surface area contributed by atoms with Crippen LogP contribution in [-0.2, 0) is 0 Å². The molecule has 134 valence electrons. The Labute approximate surface area is 159 Å². The molecule has 0 aliphatic rings. The highest BCUT2D eigenvalue weighted by Gasteiger charge is 2.18. The molecule has 7 heteroatoms. The molecule has 0 heterocycles. The Morgan fingerprint density at radius 1 is 0.889 bits per heavy atom. The number of hydrogen-bond acceptors (Lipinski definition) is 4. The SMILES string of the molecule is O=C(Nc1ccc(Cl)cc1C(=O)c1ccccc1)c1cccc([N+](=O)[O-])c1.